The number of fused-ring (bicyclic) bond motifs is 1. The Labute approximate surface area is 123 Å². The molecule has 4 heteroatoms. The second kappa shape index (κ2) is 6.22. The monoisotopic (exact) mass is 282 g/mol. The topological polar surface area (TPSA) is 44.1 Å². The van der Waals surface area contributed by atoms with E-state index in [9.17, 15) is 4.79 Å². The number of methoxy groups -OCH3 is 1. The van der Waals surface area contributed by atoms with Gasteiger partial charge in [0.2, 0.25) is 0 Å². The van der Waals surface area contributed by atoms with E-state index in [-0.39, 0.29) is 5.56 Å². The summed E-state index contributed by atoms with van der Waals surface area (Å²) in [4.78, 5) is 16.2. The Hall–Kier alpha value is -2.62. The molecular formula is C17H18N2O2. The van der Waals surface area contributed by atoms with Gasteiger partial charge in [-0.1, -0.05) is 12.7 Å². The molecule has 4 nitrogen and oxygen atoms in total. The lowest BCUT2D eigenvalue weighted by Gasteiger charge is -2.10. The van der Waals surface area contributed by atoms with Crippen LogP contribution >= 0.6 is 0 Å². The standard InChI is InChI=1S/C17H18N2O2/c1-5-12(9-13(6-2)21-4)16-11-19(3)17(20)15-10-18-8-7-14(15)16/h5-11H,1H2,2-4H3/b12-9+,13-6+. The molecule has 0 radical (unpaired) electrons. The summed E-state index contributed by atoms with van der Waals surface area (Å²) in [6.45, 7) is 5.77. The molecule has 0 saturated carbocycles. The number of pyridine rings is 2. The van der Waals surface area contributed by atoms with Crippen LogP contribution in [0.15, 0.2) is 60.0 Å². The van der Waals surface area contributed by atoms with Gasteiger partial charge in [-0.2, -0.15) is 0 Å². The fourth-order valence-electron chi connectivity index (χ4n) is 2.20. The van der Waals surface area contributed by atoms with E-state index in [4.69, 9.17) is 4.74 Å². The predicted octanol–water partition coefficient (Wildman–Crippen LogP) is 3.05. The molecule has 2 heterocycles. The van der Waals surface area contributed by atoms with Gasteiger partial charge in [-0.3, -0.25) is 9.78 Å². The first kappa shape index (κ1) is 14.8. The molecule has 0 aliphatic heterocycles. The number of hydrogen-bond acceptors (Lipinski definition) is 3. The van der Waals surface area contributed by atoms with Crippen LogP contribution in [0.3, 0.4) is 0 Å². The van der Waals surface area contributed by atoms with Gasteiger partial charge in [0.25, 0.3) is 5.56 Å². The fraction of sp³-hybridized carbons (Fsp3) is 0.176. The average Bonchev–Trinajstić information content (AvgIpc) is 2.53. The minimum Gasteiger partial charge on any atom is -0.497 e. The normalized spacial score (nSPS) is 12.5. The SMILES string of the molecule is C=C/C(=C\C(=C/C)OC)c1cn(C)c(=O)c2cnccc12. The summed E-state index contributed by atoms with van der Waals surface area (Å²) in [6, 6.07) is 1.84. The van der Waals surface area contributed by atoms with Crippen molar-refractivity contribution in [3.05, 3.63) is 71.1 Å². The molecule has 0 unspecified atom stereocenters. The Morgan fingerprint density at radius 1 is 1.43 bits per heavy atom. The van der Waals surface area contributed by atoms with Crippen molar-refractivity contribution >= 4 is 16.3 Å². The lowest BCUT2D eigenvalue weighted by Crippen LogP contribution is -2.17. The molecule has 2 rings (SSSR count). The van der Waals surface area contributed by atoms with Crippen molar-refractivity contribution < 1.29 is 4.74 Å². The van der Waals surface area contributed by atoms with Gasteiger partial charge in [0, 0.05) is 31.2 Å². The maximum Gasteiger partial charge on any atom is 0.259 e. The maximum atomic E-state index is 12.2. The van der Waals surface area contributed by atoms with Crippen LogP contribution < -0.4 is 5.56 Å². The average molecular weight is 282 g/mol. The Morgan fingerprint density at radius 3 is 2.81 bits per heavy atom. The van der Waals surface area contributed by atoms with Gasteiger partial charge in [-0.15, -0.1) is 0 Å². The zero-order chi connectivity index (χ0) is 15.4. The highest BCUT2D eigenvalue weighted by atomic mass is 16.5. The Morgan fingerprint density at radius 2 is 2.19 bits per heavy atom. The fourth-order valence-corrected chi connectivity index (χ4v) is 2.20. The number of hydrogen-bond donors (Lipinski definition) is 0. The summed E-state index contributed by atoms with van der Waals surface area (Å²) < 4.78 is 6.83. The van der Waals surface area contributed by atoms with Crippen molar-refractivity contribution in [1.29, 1.82) is 0 Å². The first-order chi connectivity index (χ1) is 10.1. The van der Waals surface area contributed by atoms with Crippen LogP contribution in [-0.4, -0.2) is 16.7 Å². The minimum atomic E-state index is -0.0664. The van der Waals surface area contributed by atoms with Crippen molar-refractivity contribution in [2.24, 2.45) is 7.05 Å². The first-order valence-corrected chi connectivity index (χ1v) is 6.60. The third-order valence-electron chi connectivity index (χ3n) is 3.33. The molecule has 0 fully saturated rings. The van der Waals surface area contributed by atoms with E-state index in [0.717, 1.165) is 22.3 Å². The molecule has 0 bridgehead atoms. The molecule has 21 heavy (non-hydrogen) atoms. The van der Waals surface area contributed by atoms with Crippen molar-refractivity contribution in [3.63, 3.8) is 0 Å². The third-order valence-corrected chi connectivity index (χ3v) is 3.33. The van der Waals surface area contributed by atoms with Crippen molar-refractivity contribution in [2.45, 2.75) is 6.92 Å². The predicted molar refractivity (Wildman–Crippen MR) is 85.9 cm³/mol. The van der Waals surface area contributed by atoms with Gasteiger partial charge in [0.1, 0.15) is 5.76 Å². The number of ether oxygens (including phenoxy) is 1. The maximum absolute atomic E-state index is 12.2. The van der Waals surface area contributed by atoms with E-state index < -0.39 is 0 Å². The van der Waals surface area contributed by atoms with Crippen LogP contribution in [0.25, 0.3) is 16.3 Å². The number of allylic oxidation sites excluding steroid dienone is 4. The second-order valence-corrected chi connectivity index (χ2v) is 4.58. The molecule has 0 aliphatic carbocycles. The molecule has 0 spiro atoms. The van der Waals surface area contributed by atoms with Crippen LogP contribution in [-0.2, 0) is 11.8 Å². The Balaban J connectivity index is 2.79. The summed E-state index contributed by atoms with van der Waals surface area (Å²) >= 11 is 0. The van der Waals surface area contributed by atoms with E-state index in [0.29, 0.717) is 5.39 Å². The summed E-state index contributed by atoms with van der Waals surface area (Å²) in [7, 11) is 3.35. The molecular weight excluding hydrogens is 264 g/mol. The number of rotatable bonds is 4. The zero-order valence-electron chi connectivity index (χ0n) is 12.5. The van der Waals surface area contributed by atoms with Gasteiger partial charge < -0.3 is 9.30 Å². The molecule has 0 N–H and O–H groups in total. The molecule has 0 atom stereocenters. The van der Waals surface area contributed by atoms with E-state index >= 15 is 0 Å². The largest absolute Gasteiger partial charge is 0.497 e. The highest BCUT2D eigenvalue weighted by Gasteiger charge is 2.09. The van der Waals surface area contributed by atoms with Crippen molar-refractivity contribution in [2.75, 3.05) is 7.11 Å². The molecule has 108 valence electrons. The second-order valence-electron chi connectivity index (χ2n) is 4.58. The lowest BCUT2D eigenvalue weighted by atomic mass is 10.0. The smallest absolute Gasteiger partial charge is 0.259 e. The molecule has 0 aromatic carbocycles. The van der Waals surface area contributed by atoms with Crippen LogP contribution in [0.4, 0.5) is 0 Å². The van der Waals surface area contributed by atoms with Crippen LogP contribution in [0.1, 0.15) is 12.5 Å². The zero-order valence-corrected chi connectivity index (χ0v) is 12.5. The minimum absolute atomic E-state index is 0.0664. The van der Waals surface area contributed by atoms with E-state index in [1.54, 1.807) is 43.4 Å². The molecule has 2 aromatic heterocycles. The number of aromatic nitrogens is 2. The Bertz CT molecular complexity index is 798. The van der Waals surface area contributed by atoms with Crippen molar-refractivity contribution in [1.82, 2.24) is 9.55 Å². The third kappa shape index (κ3) is 2.79. The highest BCUT2D eigenvalue weighted by Crippen LogP contribution is 2.24. The Kier molecular flexibility index (Phi) is 4.38. The van der Waals surface area contributed by atoms with Gasteiger partial charge in [0.05, 0.1) is 12.5 Å². The van der Waals surface area contributed by atoms with Crippen LogP contribution in [0.2, 0.25) is 0 Å². The van der Waals surface area contributed by atoms with Gasteiger partial charge >= 0.3 is 0 Å². The van der Waals surface area contributed by atoms with Gasteiger partial charge in [0.15, 0.2) is 0 Å². The summed E-state index contributed by atoms with van der Waals surface area (Å²) in [6.07, 6.45) is 10.6. The summed E-state index contributed by atoms with van der Waals surface area (Å²) in [5.41, 5.74) is 1.74. The molecule has 0 amide bonds. The first-order valence-electron chi connectivity index (χ1n) is 6.60. The lowest BCUT2D eigenvalue weighted by molar-refractivity contribution is 0.306. The van der Waals surface area contributed by atoms with Gasteiger partial charge in [-0.25, -0.2) is 0 Å². The summed E-state index contributed by atoms with van der Waals surface area (Å²) in [5.74, 6) is 0.737. The molecule has 0 aliphatic rings. The van der Waals surface area contributed by atoms with Crippen molar-refractivity contribution in [3.8, 4) is 0 Å². The van der Waals surface area contributed by atoms with Crippen LogP contribution in [0.5, 0.6) is 0 Å². The van der Waals surface area contributed by atoms with E-state index in [1.165, 1.54) is 0 Å². The molecule has 2 aromatic rings. The number of aryl methyl sites for hydroxylation is 1. The van der Waals surface area contributed by atoms with Crippen LogP contribution in [0, 0.1) is 0 Å². The molecule has 0 saturated heterocycles. The van der Waals surface area contributed by atoms with Gasteiger partial charge in [-0.05, 0) is 36.1 Å². The van der Waals surface area contributed by atoms with E-state index in [2.05, 4.69) is 11.6 Å². The van der Waals surface area contributed by atoms with E-state index in [1.807, 2.05) is 25.1 Å². The quantitative estimate of drug-likeness (QED) is 0.639. The summed E-state index contributed by atoms with van der Waals surface area (Å²) in [5, 5.41) is 1.44. The number of nitrogens with zero attached hydrogens (tertiary/aromatic N) is 2. The highest BCUT2D eigenvalue weighted by molar-refractivity contribution is 5.95.